The molecule has 1 unspecified atom stereocenters. The molecule has 1 atom stereocenters. The topological polar surface area (TPSA) is 43.1 Å². The molecule has 66 valence electrons. The van der Waals surface area contributed by atoms with Gasteiger partial charge < -0.3 is 0 Å². The number of nitrogens with two attached hydrogens (primary N) is 1. The second-order valence-electron chi connectivity index (χ2n) is 3.00. The number of aryl methyl sites for hydroxylation is 1. The first-order valence-electron chi connectivity index (χ1n) is 3.66. The molecule has 0 bridgehead atoms. The maximum Gasteiger partial charge on any atom is 0.0268 e. The Hall–Kier alpha value is -0.800. The molecule has 0 fully saturated rings. The monoisotopic (exact) mass is 183 g/mol. The Morgan fingerprint density at radius 2 is 2.17 bits per heavy atom. The molecule has 0 heterocycles. The van der Waals surface area contributed by atoms with Crippen molar-refractivity contribution in [3.63, 3.8) is 0 Å². The van der Waals surface area contributed by atoms with E-state index in [0.717, 1.165) is 11.1 Å². The van der Waals surface area contributed by atoms with E-state index in [9.17, 15) is 4.21 Å². The van der Waals surface area contributed by atoms with Gasteiger partial charge in [0.2, 0.25) is 0 Å². The van der Waals surface area contributed by atoms with Gasteiger partial charge >= 0.3 is 0 Å². The highest BCUT2D eigenvalue weighted by molar-refractivity contribution is 7.98. The first-order valence-corrected chi connectivity index (χ1v) is 5.75. The third kappa shape index (κ3) is 3.07. The van der Waals surface area contributed by atoms with Gasteiger partial charge in [-0.3, -0.25) is 9.35 Å². The van der Waals surface area contributed by atoms with Gasteiger partial charge in [0.05, 0.1) is 0 Å². The summed E-state index contributed by atoms with van der Waals surface area (Å²) in [4.78, 5) is 0. The van der Waals surface area contributed by atoms with Crippen LogP contribution >= 0.6 is 0 Å². The lowest BCUT2D eigenvalue weighted by atomic mass is 10.2. The number of rotatable bonds is 1. The molecule has 1 aromatic rings. The smallest absolute Gasteiger partial charge is 0.0268 e. The van der Waals surface area contributed by atoms with E-state index in [1.165, 1.54) is 6.26 Å². The molecule has 0 aliphatic heterocycles. The van der Waals surface area contributed by atoms with E-state index in [2.05, 4.69) is 0 Å². The Labute approximate surface area is 73.5 Å². The van der Waals surface area contributed by atoms with Crippen molar-refractivity contribution >= 4 is 15.1 Å². The minimum atomic E-state index is -2.27. The average molecular weight is 183 g/mol. The van der Waals surface area contributed by atoms with Crippen molar-refractivity contribution in [3.05, 3.63) is 35.4 Å². The van der Waals surface area contributed by atoms with E-state index in [4.69, 9.17) is 5.14 Å². The lowest BCUT2D eigenvalue weighted by Gasteiger charge is -1.97. The Balaban J connectivity index is 3.15. The molecular formula is C9H13NOS. The minimum Gasteiger partial charge on any atom is -0.259 e. The van der Waals surface area contributed by atoms with E-state index in [0.29, 0.717) is 0 Å². The summed E-state index contributed by atoms with van der Waals surface area (Å²) in [6.07, 6.45) is 1.52. The molecule has 3 heteroatoms. The van der Waals surface area contributed by atoms with Crippen LogP contribution in [0.4, 0.5) is 0 Å². The third-order valence-electron chi connectivity index (χ3n) is 1.41. The summed E-state index contributed by atoms with van der Waals surface area (Å²) in [6, 6.07) is 7.76. The van der Waals surface area contributed by atoms with Gasteiger partial charge in [-0.1, -0.05) is 29.8 Å². The highest BCUT2D eigenvalue weighted by atomic mass is 32.2. The molecule has 2 nitrogen and oxygen atoms in total. The summed E-state index contributed by atoms with van der Waals surface area (Å²) in [5.74, 6) is 0. The summed E-state index contributed by atoms with van der Waals surface area (Å²) < 4.78 is 11.2. The molecule has 0 aliphatic rings. The number of hydrogen-bond donors (Lipinski definition) is 1. The van der Waals surface area contributed by atoms with E-state index in [1.807, 2.05) is 31.2 Å². The van der Waals surface area contributed by atoms with Gasteiger partial charge in [0.1, 0.15) is 0 Å². The second kappa shape index (κ2) is 3.29. The molecule has 0 saturated heterocycles. The Bertz CT molecular complexity index is 381. The third-order valence-corrected chi connectivity index (χ3v) is 2.15. The van der Waals surface area contributed by atoms with Gasteiger partial charge in [-0.2, -0.15) is 0 Å². The molecule has 0 aromatic heterocycles. The largest absolute Gasteiger partial charge is 0.259 e. The molecule has 0 saturated carbocycles. The van der Waals surface area contributed by atoms with Crippen molar-refractivity contribution in [1.29, 1.82) is 0 Å². The van der Waals surface area contributed by atoms with Crippen molar-refractivity contribution < 1.29 is 4.21 Å². The Kier molecular flexibility index (Phi) is 2.55. The summed E-state index contributed by atoms with van der Waals surface area (Å²) in [5.41, 5.74) is 2.07. The van der Waals surface area contributed by atoms with Crippen LogP contribution in [-0.2, 0) is 9.71 Å². The Morgan fingerprint density at radius 1 is 1.50 bits per heavy atom. The van der Waals surface area contributed by atoms with Crippen molar-refractivity contribution in [2.75, 3.05) is 6.26 Å². The predicted octanol–water partition coefficient (Wildman–Crippen LogP) is 0.933. The van der Waals surface area contributed by atoms with Crippen LogP contribution in [0.1, 0.15) is 11.1 Å². The summed E-state index contributed by atoms with van der Waals surface area (Å²) >= 11 is 0. The number of benzene rings is 1. The Morgan fingerprint density at radius 3 is 2.67 bits per heavy atom. The quantitative estimate of drug-likeness (QED) is 0.647. The maximum atomic E-state index is 11.2. The molecule has 2 N–H and O–H groups in total. The summed E-state index contributed by atoms with van der Waals surface area (Å²) in [6.45, 7) is 1.99. The zero-order valence-corrected chi connectivity index (χ0v) is 8.10. The zero-order valence-electron chi connectivity index (χ0n) is 7.28. The fourth-order valence-electron chi connectivity index (χ4n) is 1.01. The van der Waals surface area contributed by atoms with Gasteiger partial charge in [0, 0.05) is 21.3 Å². The van der Waals surface area contributed by atoms with Crippen LogP contribution in [0.15, 0.2) is 24.3 Å². The van der Waals surface area contributed by atoms with Gasteiger partial charge in [0.25, 0.3) is 0 Å². The van der Waals surface area contributed by atoms with Gasteiger partial charge in [-0.15, -0.1) is 0 Å². The second-order valence-corrected chi connectivity index (χ2v) is 5.17. The first-order chi connectivity index (χ1) is 5.47. The van der Waals surface area contributed by atoms with Crippen LogP contribution in [0.2, 0.25) is 0 Å². The molecule has 1 aromatic carbocycles. The minimum absolute atomic E-state index is 0.921. The van der Waals surface area contributed by atoms with Crippen LogP contribution in [0.5, 0.6) is 0 Å². The summed E-state index contributed by atoms with van der Waals surface area (Å²) in [7, 11) is -2.27. The molecular weight excluding hydrogens is 170 g/mol. The zero-order chi connectivity index (χ0) is 9.19. The van der Waals surface area contributed by atoms with Gasteiger partial charge in [-0.05, 0) is 12.5 Å². The molecule has 0 amide bonds. The van der Waals surface area contributed by atoms with Crippen LogP contribution in [-0.4, -0.2) is 15.8 Å². The van der Waals surface area contributed by atoms with Crippen molar-refractivity contribution in [2.24, 2.45) is 5.14 Å². The van der Waals surface area contributed by atoms with Crippen molar-refractivity contribution in [2.45, 2.75) is 6.92 Å². The standard InChI is InChI=1S/C9H13NOS/c1-8-4-3-5-9(6-8)7-12(2,10)11/h3-7H,1-2H3,(H2,10,11). The lowest BCUT2D eigenvalue weighted by molar-refractivity contribution is 0.686. The van der Waals surface area contributed by atoms with Crippen molar-refractivity contribution in [1.82, 2.24) is 0 Å². The first kappa shape index (κ1) is 9.29. The van der Waals surface area contributed by atoms with E-state index in [1.54, 1.807) is 5.37 Å². The van der Waals surface area contributed by atoms with Crippen LogP contribution in [0, 0.1) is 6.92 Å². The van der Waals surface area contributed by atoms with E-state index < -0.39 is 9.71 Å². The average Bonchev–Trinajstić information content (AvgIpc) is 1.82. The molecule has 0 aliphatic carbocycles. The molecule has 12 heavy (non-hydrogen) atoms. The number of hydrogen-bond acceptors (Lipinski definition) is 1. The highest BCUT2D eigenvalue weighted by Gasteiger charge is 1.91. The highest BCUT2D eigenvalue weighted by Crippen LogP contribution is 2.01. The maximum absolute atomic E-state index is 11.2. The van der Waals surface area contributed by atoms with E-state index in [-0.39, 0.29) is 0 Å². The fraction of sp³-hybridized carbons (Fsp3) is 0.222. The fourth-order valence-corrected chi connectivity index (χ4v) is 1.70. The van der Waals surface area contributed by atoms with E-state index >= 15 is 0 Å². The van der Waals surface area contributed by atoms with Crippen LogP contribution < -0.4 is 5.14 Å². The molecule has 0 spiro atoms. The lowest BCUT2D eigenvalue weighted by Crippen LogP contribution is -2.12. The van der Waals surface area contributed by atoms with Gasteiger partial charge in [0.15, 0.2) is 0 Å². The predicted molar refractivity (Wildman–Crippen MR) is 54.6 cm³/mol. The summed E-state index contributed by atoms with van der Waals surface area (Å²) in [5, 5.41) is 6.99. The van der Waals surface area contributed by atoms with Crippen LogP contribution in [0.3, 0.4) is 0 Å². The van der Waals surface area contributed by atoms with Gasteiger partial charge in [-0.25, -0.2) is 0 Å². The van der Waals surface area contributed by atoms with Crippen molar-refractivity contribution in [3.8, 4) is 0 Å². The normalized spacial score (nSPS) is 15.2. The molecule has 1 rings (SSSR count). The van der Waals surface area contributed by atoms with Crippen LogP contribution in [0.25, 0.3) is 0 Å². The SMILES string of the molecule is Cc1cccc(C=S(C)(N)=O)c1. The molecule has 0 radical (unpaired) electrons.